The van der Waals surface area contributed by atoms with Crippen LogP contribution in [0.25, 0.3) is 11.0 Å². The molecule has 0 radical (unpaired) electrons. The van der Waals surface area contributed by atoms with Crippen molar-refractivity contribution in [3.05, 3.63) is 36.1 Å². The molecule has 2 aromatic rings. The Morgan fingerprint density at radius 1 is 1.27 bits per heavy atom. The first-order valence-electron chi connectivity index (χ1n) is 4.72. The first kappa shape index (κ1) is 10.1. The second-order valence-electron chi connectivity index (χ2n) is 3.27. The highest BCUT2D eigenvalue weighted by Gasteiger charge is 2.04. The summed E-state index contributed by atoms with van der Waals surface area (Å²) in [7, 11) is 0. The standard InChI is InChI=1S/C11H11F2NO/c12-11(13)7-14-6-9-5-8-3-1-2-4-10(8)15-9/h1-5,11,14H,6-7H2. The lowest BCUT2D eigenvalue weighted by atomic mass is 10.2. The highest BCUT2D eigenvalue weighted by Crippen LogP contribution is 2.18. The van der Waals surface area contributed by atoms with E-state index in [9.17, 15) is 8.78 Å². The topological polar surface area (TPSA) is 25.2 Å². The zero-order chi connectivity index (χ0) is 10.7. The summed E-state index contributed by atoms with van der Waals surface area (Å²) in [5.74, 6) is 0.678. The molecule has 1 N–H and O–H groups in total. The molecule has 1 aromatic heterocycles. The summed E-state index contributed by atoms with van der Waals surface area (Å²) in [6.07, 6.45) is -2.32. The van der Waals surface area contributed by atoms with Crippen LogP contribution in [0.2, 0.25) is 0 Å². The Hall–Kier alpha value is -1.42. The van der Waals surface area contributed by atoms with E-state index >= 15 is 0 Å². The van der Waals surface area contributed by atoms with Crippen molar-refractivity contribution in [2.24, 2.45) is 0 Å². The number of furan rings is 1. The maximum Gasteiger partial charge on any atom is 0.250 e. The molecule has 2 rings (SSSR count). The molecule has 4 heteroatoms. The fourth-order valence-corrected chi connectivity index (χ4v) is 1.43. The van der Waals surface area contributed by atoms with Crippen molar-refractivity contribution in [3.8, 4) is 0 Å². The summed E-state index contributed by atoms with van der Waals surface area (Å²) in [6, 6.07) is 9.42. The smallest absolute Gasteiger partial charge is 0.250 e. The number of fused-ring (bicyclic) bond motifs is 1. The van der Waals surface area contributed by atoms with Crippen LogP contribution in [0.4, 0.5) is 8.78 Å². The van der Waals surface area contributed by atoms with Crippen LogP contribution < -0.4 is 5.32 Å². The van der Waals surface area contributed by atoms with E-state index < -0.39 is 6.43 Å². The largest absolute Gasteiger partial charge is 0.460 e. The van der Waals surface area contributed by atoms with E-state index in [2.05, 4.69) is 5.32 Å². The fraction of sp³-hybridized carbons (Fsp3) is 0.273. The molecule has 0 aliphatic heterocycles. The number of para-hydroxylation sites is 1. The summed E-state index contributed by atoms with van der Waals surface area (Å²) in [4.78, 5) is 0. The first-order valence-corrected chi connectivity index (χ1v) is 4.72. The van der Waals surface area contributed by atoms with E-state index in [0.717, 1.165) is 11.0 Å². The lowest BCUT2D eigenvalue weighted by Crippen LogP contribution is -2.20. The number of hydrogen-bond donors (Lipinski definition) is 1. The van der Waals surface area contributed by atoms with Gasteiger partial charge >= 0.3 is 0 Å². The SMILES string of the molecule is FC(F)CNCc1cc2ccccc2o1. The van der Waals surface area contributed by atoms with Gasteiger partial charge in [0, 0.05) is 5.39 Å². The van der Waals surface area contributed by atoms with E-state index in [-0.39, 0.29) is 6.54 Å². The molecule has 0 fully saturated rings. The predicted octanol–water partition coefficient (Wildman–Crippen LogP) is 2.79. The number of rotatable bonds is 4. The number of benzene rings is 1. The molecule has 2 nitrogen and oxygen atoms in total. The Morgan fingerprint density at radius 2 is 2.07 bits per heavy atom. The third-order valence-corrected chi connectivity index (χ3v) is 2.07. The van der Waals surface area contributed by atoms with Crippen LogP contribution >= 0.6 is 0 Å². The Balaban J connectivity index is 2.03. The first-order chi connectivity index (χ1) is 7.25. The van der Waals surface area contributed by atoms with Crippen LogP contribution in [-0.4, -0.2) is 13.0 Å². The van der Waals surface area contributed by atoms with Gasteiger partial charge < -0.3 is 9.73 Å². The van der Waals surface area contributed by atoms with Gasteiger partial charge in [0.25, 0.3) is 6.43 Å². The second kappa shape index (κ2) is 4.40. The summed E-state index contributed by atoms with van der Waals surface area (Å²) in [6.45, 7) is 0.0239. The molecule has 0 unspecified atom stereocenters. The minimum absolute atomic E-state index is 0.308. The van der Waals surface area contributed by atoms with Crippen LogP contribution in [0.15, 0.2) is 34.7 Å². The van der Waals surface area contributed by atoms with Gasteiger partial charge in [-0.2, -0.15) is 0 Å². The normalized spacial score (nSPS) is 11.4. The Labute approximate surface area is 85.9 Å². The van der Waals surface area contributed by atoms with E-state index in [1.54, 1.807) is 0 Å². The quantitative estimate of drug-likeness (QED) is 0.841. The van der Waals surface area contributed by atoms with Gasteiger partial charge in [0.2, 0.25) is 0 Å². The van der Waals surface area contributed by atoms with Gasteiger partial charge in [-0.1, -0.05) is 18.2 Å². The van der Waals surface area contributed by atoms with Crippen LogP contribution in [0, 0.1) is 0 Å². The molecule has 80 valence electrons. The van der Waals surface area contributed by atoms with Gasteiger partial charge in [0.05, 0.1) is 13.1 Å². The zero-order valence-electron chi connectivity index (χ0n) is 8.04. The Morgan fingerprint density at radius 3 is 2.80 bits per heavy atom. The van der Waals surface area contributed by atoms with E-state index in [0.29, 0.717) is 12.3 Å². The molecular formula is C11H11F2NO. The third-order valence-electron chi connectivity index (χ3n) is 2.07. The molecule has 0 saturated heterocycles. The highest BCUT2D eigenvalue weighted by molar-refractivity contribution is 5.77. The van der Waals surface area contributed by atoms with Crippen molar-refractivity contribution in [2.45, 2.75) is 13.0 Å². The van der Waals surface area contributed by atoms with Gasteiger partial charge in [-0.3, -0.25) is 0 Å². The molecule has 15 heavy (non-hydrogen) atoms. The summed E-state index contributed by atoms with van der Waals surface area (Å²) in [5, 5.41) is 3.61. The van der Waals surface area contributed by atoms with Crippen molar-refractivity contribution >= 4 is 11.0 Å². The van der Waals surface area contributed by atoms with Crippen LogP contribution in [0.1, 0.15) is 5.76 Å². The molecular weight excluding hydrogens is 200 g/mol. The highest BCUT2D eigenvalue weighted by atomic mass is 19.3. The molecule has 0 bridgehead atoms. The van der Waals surface area contributed by atoms with Crippen molar-refractivity contribution in [3.63, 3.8) is 0 Å². The zero-order valence-corrected chi connectivity index (χ0v) is 8.04. The van der Waals surface area contributed by atoms with E-state index in [4.69, 9.17) is 4.42 Å². The van der Waals surface area contributed by atoms with Crippen molar-refractivity contribution in [1.29, 1.82) is 0 Å². The molecule has 0 spiro atoms. The Kier molecular flexibility index (Phi) is 2.97. The van der Waals surface area contributed by atoms with Crippen molar-refractivity contribution in [1.82, 2.24) is 5.32 Å². The summed E-state index contributed by atoms with van der Waals surface area (Å²) < 4.78 is 29.1. The average Bonchev–Trinajstić information content (AvgIpc) is 2.59. The number of halogens is 2. The van der Waals surface area contributed by atoms with E-state index in [1.165, 1.54) is 0 Å². The van der Waals surface area contributed by atoms with Crippen molar-refractivity contribution < 1.29 is 13.2 Å². The molecule has 1 heterocycles. The van der Waals surface area contributed by atoms with Gasteiger partial charge in [-0.25, -0.2) is 8.78 Å². The summed E-state index contributed by atoms with van der Waals surface area (Å²) >= 11 is 0. The Bertz CT molecular complexity index is 406. The molecule has 0 aliphatic carbocycles. The predicted molar refractivity (Wildman–Crippen MR) is 53.9 cm³/mol. The summed E-state index contributed by atoms with van der Waals surface area (Å²) in [5.41, 5.74) is 0.784. The number of nitrogens with one attached hydrogen (secondary N) is 1. The maximum atomic E-state index is 11.8. The van der Waals surface area contributed by atoms with Crippen molar-refractivity contribution in [2.75, 3.05) is 6.54 Å². The molecule has 1 aromatic carbocycles. The molecule has 0 amide bonds. The lowest BCUT2D eigenvalue weighted by Gasteiger charge is -1.99. The monoisotopic (exact) mass is 211 g/mol. The molecule has 0 atom stereocenters. The maximum absolute atomic E-state index is 11.8. The van der Waals surface area contributed by atoms with Crippen LogP contribution in [0.3, 0.4) is 0 Å². The number of alkyl halides is 2. The van der Waals surface area contributed by atoms with E-state index in [1.807, 2.05) is 30.3 Å². The third kappa shape index (κ3) is 2.53. The lowest BCUT2D eigenvalue weighted by molar-refractivity contribution is 0.145. The number of hydrogen-bond acceptors (Lipinski definition) is 2. The molecule has 0 saturated carbocycles. The average molecular weight is 211 g/mol. The van der Waals surface area contributed by atoms with Crippen LogP contribution in [0.5, 0.6) is 0 Å². The fourth-order valence-electron chi connectivity index (χ4n) is 1.43. The minimum Gasteiger partial charge on any atom is -0.460 e. The molecule has 0 aliphatic rings. The minimum atomic E-state index is -2.32. The van der Waals surface area contributed by atoms with Gasteiger partial charge in [-0.05, 0) is 12.1 Å². The van der Waals surface area contributed by atoms with Gasteiger partial charge in [0.1, 0.15) is 11.3 Å². The van der Waals surface area contributed by atoms with Gasteiger partial charge in [-0.15, -0.1) is 0 Å². The second-order valence-corrected chi connectivity index (χ2v) is 3.27. The van der Waals surface area contributed by atoms with Gasteiger partial charge in [0.15, 0.2) is 0 Å². The van der Waals surface area contributed by atoms with Crippen LogP contribution in [-0.2, 0) is 6.54 Å².